The molecule has 1 aliphatic carbocycles. The van der Waals surface area contributed by atoms with Crippen LogP contribution in [0.25, 0.3) is 0 Å². The van der Waals surface area contributed by atoms with Crippen LogP contribution < -0.4 is 0 Å². The lowest BCUT2D eigenvalue weighted by atomic mass is 10.1. The van der Waals surface area contributed by atoms with Crippen molar-refractivity contribution >= 4 is 5.91 Å². The first-order chi connectivity index (χ1) is 13.2. The van der Waals surface area contributed by atoms with Gasteiger partial charge in [0.25, 0.3) is 5.91 Å². The van der Waals surface area contributed by atoms with Gasteiger partial charge in [-0.25, -0.2) is 4.98 Å². The van der Waals surface area contributed by atoms with E-state index in [0.29, 0.717) is 43.5 Å². The van der Waals surface area contributed by atoms with Gasteiger partial charge < -0.3 is 18.7 Å². The smallest absolute Gasteiger partial charge is 0.274 e. The molecule has 0 aromatic carbocycles. The molecule has 2 aromatic rings. The van der Waals surface area contributed by atoms with Crippen molar-refractivity contribution in [1.82, 2.24) is 24.6 Å². The minimum atomic E-state index is -0.0434. The standard InChI is InChI=1S/C19H27N5O3/c1-23-11-16(20-13-23)19(25)24-8-6-15(10-24)18-21-17(22-27-18)7-9-26-12-14-4-2-3-5-14/h11,13-15H,2-10,12H2,1H3. The highest BCUT2D eigenvalue weighted by atomic mass is 16.5. The van der Waals surface area contributed by atoms with Crippen molar-refractivity contribution in [3.63, 3.8) is 0 Å². The van der Waals surface area contributed by atoms with Crippen LogP contribution in [0, 0.1) is 5.92 Å². The Hall–Kier alpha value is -2.22. The first-order valence-corrected chi connectivity index (χ1v) is 9.86. The van der Waals surface area contributed by atoms with Crippen LogP contribution in [-0.2, 0) is 18.2 Å². The SMILES string of the molecule is Cn1cnc(C(=O)N2CCC(c3nc(CCOCC4CCCC4)no3)C2)c1. The highest BCUT2D eigenvalue weighted by molar-refractivity contribution is 5.92. The fourth-order valence-electron chi connectivity index (χ4n) is 3.96. The van der Waals surface area contributed by atoms with Crippen molar-refractivity contribution in [2.24, 2.45) is 13.0 Å². The average Bonchev–Trinajstić information content (AvgIpc) is 3.45. The highest BCUT2D eigenvalue weighted by Gasteiger charge is 2.32. The highest BCUT2D eigenvalue weighted by Crippen LogP contribution is 2.27. The number of aryl methyl sites for hydroxylation is 1. The quantitative estimate of drug-likeness (QED) is 0.692. The third-order valence-corrected chi connectivity index (χ3v) is 5.53. The average molecular weight is 373 g/mol. The van der Waals surface area contributed by atoms with Gasteiger partial charge in [-0.15, -0.1) is 0 Å². The van der Waals surface area contributed by atoms with E-state index in [1.165, 1.54) is 25.7 Å². The van der Waals surface area contributed by atoms with Crippen LogP contribution in [0.1, 0.15) is 60.2 Å². The second-order valence-electron chi connectivity index (χ2n) is 7.69. The van der Waals surface area contributed by atoms with Gasteiger partial charge in [0, 0.05) is 39.4 Å². The minimum absolute atomic E-state index is 0.0434. The maximum Gasteiger partial charge on any atom is 0.274 e. The monoisotopic (exact) mass is 373 g/mol. The second-order valence-corrected chi connectivity index (χ2v) is 7.69. The molecule has 0 radical (unpaired) electrons. The molecular formula is C19H27N5O3. The van der Waals surface area contributed by atoms with Gasteiger partial charge in [0.1, 0.15) is 5.69 Å². The van der Waals surface area contributed by atoms with Crippen LogP contribution in [0.4, 0.5) is 0 Å². The maximum atomic E-state index is 12.5. The number of rotatable bonds is 7. The Morgan fingerprint density at radius 2 is 2.19 bits per heavy atom. The normalized spacial score (nSPS) is 20.6. The van der Waals surface area contributed by atoms with Crippen LogP contribution in [0.2, 0.25) is 0 Å². The van der Waals surface area contributed by atoms with Crippen LogP contribution in [0.3, 0.4) is 0 Å². The molecular weight excluding hydrogens is 346 g/mol. The molecule has 2 aliphatic rings. The van der Waals surface area contributed by atoms with Gasteiger partial charge in [-0.3, -0.25) is 4.79 Å². The van der Waals surface area contributed by atoms with E-state index in [4.69, 9.17) is 9.26 Å². The van der Waals surface area contributed by atoms with E-state index < -0.39 is 0 Å². The van der Waals surface area contributed by atoms with E-state index in [1.807, 2.05) is 11.9 Å². The van der Waals surface area contributed by atoms with Crippen LogP contribution >= 0.6 is 0 Å². The van der Waals surface area contributed by atoms with Gasteiger partial charge in [0.2, 0.25) is 5.89 Å². The summed E-state index contributed by atoms with van der Waals surface area (Å²) in [5, 5.41) is 4.08. The summed E-state index contributed by atoms with van der Waals surface area (Å²) in [7, 11) is 1.86. The van der Waals surface area contributed by atoms with Crippen molar-refractivity contribution in [3.8, 4) is 0 Å². The predicted octanol–water partition coefficient (Wildman–Crippen LogP) is 2.18. The Bertz CT molecular complexity index is 765. The number of amides is 1. The molecule has 0 bridgehead atoms. The number of ether oxygens (including phenoxy) is 1. The van der Waals surface area contributed by atoms with Crippen molar-refractivity contribution in [1.29, 1.82) is 0 Å². The molecule has 1 aliphatic heterocycles. The summed E-state index contributed by atoms with van der Waals surface area (Å²) in [5.74, 6) is 2.09. The van der Waals surface area contributed by atoms with Gasteiger partial charge in [0.15, 0.2) is 5.82 Å². The molecule has 2 aromatic heterocycles. The van der Waals surface area contributed by atoms with Gasteiger partial charge in [-0.2, -0.15) is 4.98 Å². The lowest BCUT2D eigenvalue weighted by Crippen LogP contribution is -2.28. The number of likely N-dealkylation sites (tertiary alicyclic amines) is 1. The summed E-state index contributed by atoms with van der Waals surface area (Å²) in [4.78, 5) is 23.0. The van der Waals surface area contributed by atoms with Gasteiger partial charge in [-0.05, 0) is 25.2 Å². The number of hydrogen-bond donors (Lipinski definition) is 0. The Balaban J connectivity index is 1.24. The van der Waals surface area contributed by atoms with E-state index in [2.05, 4.69) is 15.1 Å². The molecule has 1 saturated heterocycles. The van der Waals surface area contributed by atoms with Crippen molar-refractivity contribution in [2.75, 3.05) is 26.3 Å². The summed E-state index contributed by atoms with van der Waals surface area (Å²) in [5.41, 5.74) is 0.476. The lowest BCUT2D eigenvalue weighted by Gasteiger charge is -2.13. The molecule has 1 atom stereocenters. The fraction of sp³-hybridized carbons (Fsp3) is 0.684. The Morgan fingerprint density at radius 1 is 1.33 bits per heavy atom. The molecule has 1 amide bonds. The minimum Gasteiger partial charge on any atom is -0.381 e. The summed E-state index contributed by atoms with van der Waals surface area (Å²) in [6.45, 7) is 2.75. The molecule has 8 nitrogen and oxygen atoms in total. The number of imidazole rings is 1. The molecule has 0 spiro atoms. The largest absolute Gasteiger partial charge is 0.381 e. The molecule has 3 heterocycles. The van der Waals surface area contributed by atoms with Crippen LogP contribution in [-0.4, -0.2) is 56.8 Å². The summed E-state index contributed by atoms with van der Waals surface area (Å²) >= 11 is 0. The molecule has 146 valence electrons. The Labute approximate surface area is 158 Å². The summed E-state index contributed by atoms with van der Waals surface area (Å²) < 4.78 is 13.0. The molecule has 0 N–H and O–H groups in total. The van der Waals surface area contributed by atoms with E-state index in [1.54, 1.807) is 17.1 Å². The van der Waals surface area contributed by atoms with Crippen molar-refractivity contribution in [2.45, 2.75) is 44.4 Å². The Morgan fingerprint density at radius 3 is 2.96 bits per heavy atom. The van der Waals surface area contributed by atoms with Gasteiger partial charge >= 0.3 is 0 Å². The third kappa shape index (κ3) is 4.37. The third-order valence-electron chi connectivity index (χ3n) is 5.53. The van der Waals surface area contributed by atoms with E-state index in [9.17, 15) is 4.79 Å². The summed E-state index contributed by atoms with van der Waals surface area (Å²) in [6.07, 6.45) is 10.1. The second kappa shape index (κ2) is 8.21. The van der Waals surface area contributed by atoms with Crippen LogP contribution in [0.15, 0.2) is 17.0 Å². The van der Waals surface area contributed by atoms with Crippen molar-refractivity contribution in [3.05, 3.63) is 29.9 Å². The maximum absolute atomic E-state index is 12.5. The van der Waals surface area contributed by atoms with Gasteiger partial charge in [-0.1, -0.05) is 18.0 Å². The molecule has 4 rings (SSSR count). The van der Waals surface area contributed by atoms with E-state index >= 15 is 0 Å². The zero-order valence-corrected chi connectivity index (χ0v) is 15.8. The van der Waals surface area contributed by atoms with E-state index in [0.717, 1.165) is 18.9 Å². The molecule has 2 fully saturated rings. The number of nitrogens with zero attached hydrogens (tertiary/aromatic N) is 5. The summed E-state index contributed by atoms with van der Waals surface area (Å²) in [6, 6.07) is 0. The van der Waals surface area contributed by atoms with Crippen molar-refractivity contribution < 1.29 is 14.1 Å². The zero-order valence-electron chi connectivity index (χ0n) is 15.8. The first kappa shape index (κ1) is 18.2. The lowest BCUT2D eigenvalue weighted by molar-refractivity contribution is 0.0784. The molecule has 8 heteroatoms. The van der Waals surface area contributed by atoms with Crippen LogP contribution in [0.5, 0.6) is 0 Å². The zero-order chi connectivity index (χ0) is 18.6. The number of carbonyl (C=O) groups excluding carboxylic acids is 1. The molecule has 1 unspecified atom stereocenters. The Kier molecular flexibility index (Phi) is 5.52. The number of aromatic nitrogens is 4. The first-order valence-electron chi connectivity index (χ1n) is 9.86. The number of carbonyl (C=O) groups is 1. The van der Waals surface area contributed by atoms with E-state index in [-0.39, 0.29) is 11.8 Å². The predicted molar refractivity (Wildman–Crippen MR) is 97.2 cm³/mol. The fourth-order valence-corrected chi connectivity index (χ4v) is 3.96. The molecule has 1 saturated carbocycles. The molecule has 27 heavy (non-hydrogen) atoms. The topological polar surface area (TPSA) is 86.3 Å². The number of hydrogen-bond acceptors (Lipinski definition) is 6. The van der Waals surface area contributed by atoms with Gasteiger partial charge in [0.05, 0.1) is 18.9 Å².